The molecule has 1 saturated heterocycles. The van der Waals surface area contributed by atoms with Crippen LogP contribution < -0.4 is 5.32 Å². The fourth-order valence-corrected chi connectivity index (χ4v) is 3.11. The predicted octanol–water partition coefficient (Wildman–Crippen LogP) is 3.14. The molecular weight excluding hydrogens is 218 g/mol. The SMILES string of the molecule is CCCC1CNCC(c2ccc(CC)s2)O1. The molecule has 2 nitrogen and oxygen atoms in total. The first kappa shape index (κ1) is 12.1. The summed E-state index contributed by atoms with van der Waals surface area (Å²) in [6.07, 6.45) is 4.16. The van der Waals surface area contributed by atoms with Gasteiger partial charge in [-0.3, -0.25) is 0 Å². The Hall–Kier alpha value is -0.380. The third kappa shape index (κ3) is 2.84. The van der Waals surface area contributed by atoms with Crippen LogP contribution in [0.25, 0.3) is 0 Å². The van der Waals surface area contributed by atoms with E-state index < -0.39 is 0 Å². The Morgan fingerprint density at radius 3 is 2.94 bits per heavy atom. The Balaban J connectivity index is 1.98. The molecule has 1 fully saturated rings. The van der Waals surface area contributed by atoms with Gasteiger partial charge in [0.2, 0.25) is 0 Å². The number of hydrogen-bond acceptors (Lipinski definition) is 3. The molecule has 1 aliphatic rings. The number of ether oxygens (including phenoxy) is 1. The molecule has 0 radical (unpaired) electrons. The summed E-state index contributed by atoms with van der Waals surface area (Å²) in [5.41, 5.74) is 0. The topological polar surface area (TPSA) is 21.3 Å². The smallest absolute Gasteiger partial charge is 0.104 e. The van der Waals surface area contributed by atoms with Gasteiger partial charge in [0, 0.05) is 22.8 Å². The number of nitrogens with one attached hydrogen (secondary N) is 1. The van der Waals surface area contributed by atoms with Crippen LogP contribution in [0.4, 0.5) is 0 Å². The van der Waals surface area contributed by atoms with E-state index in [2.05, 4.69) is 31.3 Å². The summed E-state index contributed by atoms with van der Waals surface area (Å²) < 4.78 is 6.12. The van der Waals surface area contributed by atoms with Crippen molar-refractivity contribution in [1.82, 2.24) is 5.32 Å². The highest BCUT2D eigenvalue weighted by Crippen LogP contribution is 2.29. The van der Waals surface area contributed by atoms with Crippen LogP contribution in [0, 0.1) is 0 Å². The zero-order valence-electron chi connectivity index (χ0n) is 10.2. The largest absolute Gasteiger partial charge is 0.367 e. The van der Waals surface area contributed by atoms with E-state index in [1.165, 1.54) is 16.2 Å². The molecule has 2 unspecified atom stereocenters. The van der Waals surface area contributed by atoms with Crippen molar-refractivity contribution in [3.63, 3.8) is 0 Å². The Morgan fingerprint density at radius 2 is 2.25 bits per heavy atom. The molecule has 2 atom stereocenters. The average molecular weight is 239 g/mol. The van der Waals surface area contributed by atoms with Crippen LogP contribution in [0.2, 0.25) is 0 Å². The molecule has 90 valence electrons. The third-order valence-corrected chi connectivity index (χ3v) is 4.34. The lowest BCUT2D eigenvalue weighted by molar-refractivity contribution is -0.0407. The van der Waals surface area contributed by atoms with Gasteiger partial charge in [0.1, 0.15) is 6.10 Å². The minimum Gasteiger partial charge on any atom is -0.367 e. The Morgan fingerprint density at radius 1 is 1.38 bits per heavy atom. The van der Waals surface area contributed by atoms with Crippen molar-refractivity contribution in [3.05, 3.63) is 21.9 Å². The second-order valence-corrected chi connectivity index (χ2v) is 5.55. The van der Waals surface area contributed by atoms with Crippen molar-refractivity contribution in [2.75, 3.05) is 13.1 Å². The van der Waals surface area contributed by atoms with Gasteiger partial charge in [-0.05, 0) is 25.0 Å². The monoisotopic (exact) mass is 239 g/mol. The quantitative estimate of drug-likeness (QED) is 0.871. The van der Waals surface area contributed by atoms with E-state index >= 15 is 0 Å². The summed E-state index contributed by atoms with van der Waals surface area (Å²) in [6.45, 7) is 6.39. The molecule has 1 aromatic rings. The summed E-state index contributed by atoms with van der Waals surface area (Å²) in [5.74, 6) is 0. The lowest BCUT2D eigenvalue weighted by atomic mass is 10.1. The Kier molecular flexibility index (Phi) is 4.38. The summed E-state index contributed by atoms with van der Waals surface area (Å²) in [6, 6.07) is 4.46. The number of aryl methyl sites for hydroxylation is 1. The van der Waals surface area contributed by atoms with E-state index in [-0.39, 0.29) is 6.10 Å². The van der Waals surface area contributed by atoms with Crippen LogP contribution in [0.3, 0.4) is 0 Å². The second kappa shape index (κ2) is 5.80. The molecule has 0 saturated carbocycles. The molecule has 3 heteroatoms. The molecule has 0 aliphatic carbocycles. The molecule has 0 spiro atoms. The zero-order chi connectivity index (χ0) is 11.4. The number of thiophene rings is 1. The van der Waals surface area contributed by atoms with Gasteiger partial charge in [-0.1, -0.05) is 20.3 Å². The van der Waals surface area contributed by atoms with Crippen molar-refractivity contribution >= 4 is 11.3 Å². The van der Waals surface area contributed by atoms with Crippen molar-refractivity contribution in [2.45, 2.75) is 45.3 Å². The summed E-state index contributed by atoms with van der Waals surface area (Å²) in [7, 11) is 0. The van der Waals surface area contributed by atoms with Gasteiger partial charge >= 0.3 is 0 Å². The molecule has 1 N–H and O–H groups in total. The Bertz CT molecular complexity index is 321. The van der Waals surface area contributed by atoms with Crippen molar-refractivity contribution in [3.8, 4) is 0 Å². The van der Waals surface area contributed by atoms with E-state index in [9.17, 15) is 0 Å². The molecule has 0 bridgehead atoms. The predicted molar refractivity (Wildman–Crippen MR) is 69.1 cm³/mol. The second-order valence-electron chi connectivity index (χ2n) is 4.35. The molecule has 0 aromatic carbocycles. The fourth-order valence-electron chi connectivity index (χ4n) is 2.12. The Labute approximate surface area is 102 Å². The van der Waals surface area contributed by atoms with Crippen molar-refractivity contribution < 1.29 is 4.74 Å². The fraction of sp³-hybridized carbons (Fsp3) is 0.692. The highest BCUT2D eigenvalue weighted by atomic mass is 32.1. The normalized spacial score (nSPS) is 25.9. The first-order valence-corrected chi connectivity index (χ1v) is 7.10. The molecular formula is C13H21NOS. The van der Waals surface area contributed by atoms with Crippen LogP contribution in [0.15, 0.2) is 12.1 Å². The van der Waals surface area contributed by atoms with Crippen LogP contribution in [0.1, 0.15) is 42.5 Å². The first-order chi connectivity index (χ1) is 7.83. The van der Waals surface area contributed by atoms with Gasteiger partial charge in [-0.2, -0.15) is 0 Å². The van der Waals surface area contributed by atoms with Crippen LogP contribution >= 0.6 is 11.3 Å². The van der Waals surface area contributed by atoms with Crippen LogP contribution in [-0.4, -0.2) is 19.2 Å². The number of hydrogen-bond donors (Lipinski definition) is 1. The van der Waals surface area contributed by atoms with Crippen LogP contribution in [-0.2, 0) is 11.2 Å². The van der Waals surface area contributed by atoms with E-state index in [1.807, 2.05) is 11.3 Å². The third-order valence-electron chi connectivity index (χ3n) is 3.02. The molecule has 2 heterocycles. The van der Waals surface area contributed by atoms with Gasteiger partial charge < -0.3 is 10.1 Å². The van der Waals surface area contributed by atoms with E-state index in [4.69, 9.17) is 4.74 Å². The zero-order valence-corrected chi connectivity index (χ0v) is 11.0. The number of rotatable bonds is 4. The van der Waals surface area contributed by atoms with Crippen molar-refractivity contribution in [2.24, 2.45) is 0 Å². The minimum atomic E-state index is 0.274. The molecule has 2 rings (SSSR count). The minimum absolute atomic E-state index is 0.274. The van der Waals surface area contributed by atoms with Gasteiger partial charge in [0.25, 0.3) is 0 Å². The standard InChI is InChI=1S/C13H21NOS/c1-3-5-10-8-14-9-12(15-10)13-7-6-11(4-2)16-13/h6-7,10,12,14H,3-5,8-9H2,1-2H3. The van der Waals surface area contributed by atoms with E-state index in [0.717, 1.165) is 25.9 Å². The lowest BCUT2D eigenvalue weighted by Crippen LogP contribution is -2.40. The molecule has 16 heavy (non-hydrogen) atoms. The van der Waals surface area contributed by atoms with Crippen molar-refractivity contribution in [1.29, 1.82) is 0 Å². The molecule has 1 aliphatic heterocycles. The average Bonchev–Trinajstić information content (AvgIpc) is 2.78. The van der Waals surface area contributed by atoms with Gasteiger partial charge in [-0.25, -0.2) is 0 Å². The van der Waals surface area contributed by atoms with Gasteiger partial charge in [0.15, 0.2) is 0 Å². The van der Waals surface area contributed by atoms with E-state index in [0.29, 0.717) is 6.10 Å². The molecule has 1 aromatic heterocycles. The summed E-state index contributed by atoms with van der Waals surface area (Å²) >= 11 is 1.89. The van der Waals surface area contributed by atoms with Gasteiger partial charge in [-0.15, -0.1) is 11.3 Å². The maximum atomic E-state index is 6.12. The highest BCUT2D eigenvalue weighted by Gasteiger charge is 2.23. The first-order valence-electron chi connectivity index (χ1n) is 6.28. The summed E-state index contributed by atoms with van der Waals surface area (Å²) in [4.78, 5) is 2.83. The number of morpholine rings is 1. The molecule has 0 amide bonds. The maximum Gasteiger partial charge on any atom is 0.104 e. The van der Waals surface area contributed by atoms with Gasteiger partial charge in [0.05, 0.1) is 6.10 Å². The van der Waals surface area contributed by atoms with Crippen LogP contribution in [0.5, 0.6) is 0 Å². The highest BCUT2D eigenvalue weighted by molar-refractivity contribution is 7.12. The maximum absolute atomic E-state index is 6.12. The lowest BCUT2D eigenvalue weighted by Gasteiger charge is -2.30. The summed E-state index contributed by atoms with van der Waals surface area (Å²) in [5, 5.41) is 3.48. The van der Waals surface area contributed by atoms with E-state index in [1.54, 1.807) is 0 Å².